The fourth-order valence-corrected chi connectivity index (χ4v) is 4.60. The lowest BCUT2D eigenvalue weighted by atomic mass is 9.78. The van der Waals surface area contributed by atoms with Crippen molar-refractivity contribution < 1.29 is 14.3 Å². The van der Waals surface area contributed by atoms with E-state index in [-0.39, 0.29) is 5.41 Å². The van der Waals surface area contributed by atoms with Gasteiger partial charge < -0.3 is 19.3 Å². The minimum atomic E-state index is -0.181. The zero-order valence-electron chi connectivity index (χ0n) is 16.6. The molecule has 26 heavy (non-hydrogen) atoms. The number of piperidine rings is 1. The number of para-hydroxylation sites is 1. The molecule has 2 saturated heterocycles. The summed E-state index contributed by atoms with van der Waals surface area (Å²) in [6, 6.07) is 5.87. The summed E-state index contributed by atoms with van der Waals surface area (Å²) < 4.78 is 11.0. The van der Waals surface area contributed by atoms with Crippen LogP contribution in [0.3, 0.4) is 0 Å². The number of benzene rings is 1. The average Bonchev–Trinajstić information content (AvgIpc) is 3.01. The molecular formula is C21H32N2O3. The van der Waals surface area contributed by atoms with E-state index in [2.05, 4.69) is 18.7 Å². The second-order valence-electron chi connectivity index (χ2n) is 8.14. The number of hydrogen-bond acceptors (Lipinski definition) is 4. The van der Waals surface area contributed by atoms with Gasteiger partial charge in [-0.05, 0) is 37.8 Å². The fourth-order valence-electron chi connectivity index (χ4n) is 4.60. The molecule has 5 nitrogen and oxygen atoms in total. The van der Waals surface area contributed by atoms with Crippen LogP contribution in [0.5, 0.6) is 11.5 Å². The van der Waals surface area contributed by atoms with Crippen LogP contribution in [0.2, 0.25) is 0 Å². The molecule has 0 aliphatic carbocycles. The first-order valence-corrected chi connectivity index (χ1v) is 9.70. The fraction of sp³-hybridized carbons (Fsp3) is 0.667. The van der Waals surface area contributed by atoms with Crippen LogP contribution in [0.25, 0.3) is 0 Å². The minimum absolute atomic E-state index is 0.181. The second-order valence-corrected chi connectivity index (χ2v) is 8.14. The highest BCUT2D eigenvalue weighted by atomic mass is 16.5. The van der Waals surface area contributed by atoms with Crippen molar-refractivity contribution >= 4 is 5.91 Å². The topological polar surface area (TPSA) is 42.0 Å². The number of carbonyl (C=O) groups is 1. The third-order valence-electron chi connectivity index (χ3n) is 5.73. The van der Waals surface area contributed by atoms with Gasteiger partial charge in [0, 0.05) is 31.7 Å². The Morgan fingerprint density at radius 1 is 1.15 bits per heavy atom. The SMILES string of the molecule is COc1cccc(CN2CCC[C@]3(CCN(CC(C)C)C3)C2=O)c1OC. The molecule has 3 rings (SSSR count). The predicted octanol–water partition coefficient (Wildman–Crippen LogP) is 3.17. The highest BCUT2D eigenvalue weighted by Crippen LogP contribution is 2.41. The van der Waals surface area contributed by atoms with E-state index in [1.54, 1.807) is 14.2 Å². The summed E-state index contributed by atoms with van der Waals surface area (Å²) >= 11 is 0. The van der Waals surface area contributed by atoms with Crippen molar-refractivity contribution in [3.05, 3.63) is 23.8 Å². The maximum Gasteiger partial charge on any atom is 0.230 e. The Balaban J connectivity index is 1.75. The van der Waals surface area contributed by atoms with E-state index in [9.17, 15) is 4.79 Å². The largest absolute Gasteiger partial charge is 0.493 e. The molecule has 5 heteroatoms. The maximum absolute atomic E-state index is 13.4. The summed E-state index contributed by atoms with van der Waals surface area (Å²) in [5.74, 6) is 2.41. The third kappa shape index (κ3) is 3.68. The molecule has 1 aromatic carbocycles. The highest BCUT2D eigenvalue weighted by Gasteiger charge is 2.48. The molecule has 1 spiro atoms. The number of ether oxygens (including phenoxy) is 2. The molecule has 0 unspecified atom stereocenters. The van der Waals surface area contributed by atoms with E-state index >= 15 is 0 Å². The lowest BCUT2D eigenvalue weighted by Gasteiger charge is -2.39. The first kappa shape index (κ1) is 19.0. The van der Waals surface area contributed by atoms with Crippen LogP contribution >= 0.6 is 0 Å². The van der Waals surface area contributed by atoms with Crippen molar-refractivity contribution in [3.63, 3.8) is 0 Å². The number of likely N-dealkylation sites (tertiary alicyclic amines) is 2. The van der Waals surface area contributed by atoms with E-state index in [1.165, 1.54) is 0 Å². The molecular weight excluding hydrogens is 328 g/mol. The Morgan fingerprint density at radius 2 is 1.96 bits per heavy atom. The molecule has 0 bridgehead atoms. The number of amides is 1. The first-order valence-electron chi connectivity index (χ1n) is 9.70. The van der Waals surface area contributed by atoms with E-state index in [1.807, 2.05) is 23.1 Å². The molecule has 0 aromatic heterocycles. The zero-order chi connectivity index (χ0) is 18.7. The van der Waals surface area contributed by atoms with Gasteiger partial charge in [0.15, 0.2) is 11.5 Å². The first-order chi connectivity index (χ1) is 12.5. The van der Waals surface area contributed by atoms with Crippen molar-refractivity contribution in [1.29, 1.82) is 0 Å². The van der Waals surface area contributed by atoms with E-state index in [4.69, 9.17) is 9.47 Å². The lowest BCUT2D eigenvalue weighted by molar-refractivity contribution is -0.146. The summed E-state index contributed by atoms with van der Waals surface area (Å²) in [5, 5.41) is 0. The highest BCUT2D eigenvalue weighted by molar-refractivity contribution is 5.84. The molecule has 1 atom stereocenters. The van der Waals surface area contributed by atoms with Crippen molar-refractivity contribution in [1.82, 2.24) is 9.80 Å². The van der Waals surface area contributed by atoms with E-state index in [0.29, 0.717) is 24.1 Å². The summed E-state index contributed by atoms with van der Waals surface area (Å²) in [7, 11) is 3.30. The van der Waals surface area contributed by atoms with Crippen LogP contribution in [-0.4, -0.2) is 56.1 Å². The normalized spacial score (nSPS) is 23.9. The average molecular weight is 360 g/mol. The minimum Gasteiger partial charge on any atom is -0.493 e. The third-order valence-corrected chi connectivity index (χ3v) is 5.73. The van der Waals surface area contributed by atoms with Gasteiger partial charge in [0.05, 0.1) is 19.6 Å². The Hall–Kier alpha value is -1.75. The summed E-state index contributed by atoms with van der Waals surface area (Å²) in [5.41, 5.74) is 0.827. The van der Waals surface area contributed by atoms with Gasteiger partial charge >= 0.3 is 0 Å². The van der Waals surface area contributed by atoms with Crippen LogP contribution < -0.4 is 9.47 Å². The smallest absolute Gasteiger partial charge is 0.230 e. The van der Waals surface area contributed by atoms with Crippen LogP contribution in [0.15, 0.2) is 18.2 Å². The molecule has 2 aliphatic heterocycles. The lowest BCUT2D eigenvalue weighted by Crippen LogP contribution is -2.49. The van der Waals surface area contributed by atoms with Crippen molar-refractivity contribution in [3.8, 4) is 11.5 Å². The number of nitrogens with zero attached hydrogens (tertiary/aromatic N) is 2. The molecule has 2 heterocycles. The Morgan fingerprint density at radius 3 is 2.65 bits per heavy atom. The van der Waals surface area contributed by atoms with Crippen molar-refractivity contribution in [2.75, 3.05) is 40.4 Å². The molecule has 0 radical (unpaired) electrons. The molecule has 2 aliphatic rings. The molecule has 1 amide bonds. The number of rotatable bonds is 6. The van der Waals surface area contributed by atoms with E-state index < -0.39 is 0 Å². The van der Waals surface area contributed by atoms with Crippen LogP contribution in [0, 0.1) is 11.3 Å². The standard InChI is InChI=1S/C21H32N2O3/c1-16(2)13-22-12-10-21(15-22)9-6-11-23(20(21)24)14-17-7-5-8-18(25-3)19(17)26-4/h5,7-8,16H,6,9-15H2,1-4H3/t21-/m1/s1. The summed E-state index contributed by atoms with van der Waals surface area (Å²) in [4.78, 5) is 17.9. The monoisotopic (exact) mass is 360 g/mol. The summed E-state index contributed by atoms with van der Waals surface area (Å²) in [6.45, 7) is 8.94. The molecule has 1 aromatic rings. The predicted molar refractivity (Wildman–Crippen MR) is 103 cm³/mol. The van der Waals surface area contributed by atoms with Gasteiger partial charge in [-0.25, -0.2) is 0 Å². The van der Waals surface area contributed by atoms with Gasteiger partial charge in [-0.15, -0.1) is 0 Å². The van der Waals surface area contributed by atoms with Gasteiger partial charge in [0.2, 0.25) is 5.91 Å². The Bertz CT molecular complexity index is 646. The van der Waals surface area contributed by atoms with Gasteiger partial charge in [0.25, 0.3) is 0 Å². The molecule has 2 fully saturated rings. The molecule has 0 N–H and O–H groups in total. The van der Waals surface area contributed by atoms with Crippen LogP contribution in [0.1, 0.15) is 38.7 Å². The Labute approximate surface area is 157 Å². The number of methoxy groups -OCH3 is 2. The second kappa shape index (κ2) is 7.87. The maximum atomic E-state index is 13.4. The van der Waals surface area contributed by atoms with Crippen molar-refractivity contribution in [2.45, 2.75) is 39.7 Å². The molecule has 0 saturated carbocycles. The van der Waals surface area contributed by atoms with Gasteiger partial charge in [-0.1, -0.05) is 26.0 Å². The number of hydrogen-bond donors (Lipinski definition) is 0. The summed E-state index contributed by atoms with van der Waals surface area (Å²) in [6.07, 6.45) is 3.09. The van der Waals surface area contributed by atoms with Crippen molar-refractivity contribution in [2.24, 2.45) is 11.3 Å². The molecule has 144 valence electrons. The van der Waals surface area contributed by atoms with Gasteiger partial charge in [-0.2, -0.15) is 0 Å². The van der Waals surface area contributed by atoms with Gasteiger partial charge in [0.1, 0.15) is 0 Å². The zero-order valence-corrected chi connectivity index (χ0v) is 16.6. The van der Waals surface area contributed by atoms with Crippen LogP contribution in [-0.2, 0) is 11.3 Å². The van der Waals surface area contributed by atoms with Crippen LogP contribution in [0.4, 0.5) is 0 Å². The number of carbonyl (C=O) groups excluding carboxylic acids is 1. The van der Waals surface area contributed by atoms with Gasteiger partial charge in [-0.3, -0.25) is 4.79 Å². The van der Waals surface area contributed by atoms with E-state index in [0.717, 1.165) is 56.8 Å². The Kier molecular flexibility index (Phi) is 5.76. The quantitative estimate of drug-likeness (QED) is 0.781.